The molecule has 0 radical (unpaired) electrons. The van der Waals surface area contributed by atoms with Crippen molar-refractivity contribution >= 4 is 0 Å². The van der Waals surface area contributed by atoms with E-state index in [-0.39, 0.29) is 11.3 Å². The molecule has 1 aliphatic rings. The number of nitrogens with one attached hydrogen (secondary N) is 1. The molecule has 2 atom stereocenters. The van der Waals surface area contributed by atoms with E-state index in [4.69, 9.17) is 0 Å². The molecule has 1 aromatic carbocycles. The Bertz CT molecular complexity index is 406. The monoisotopic (exact) mass is 253 g/mol. The fourth-order valence-corrected chi connectivity index (χ4v) is 3.67. The summed E-state index contributed by atoms with van der Waals surface area (Å²) in [6, 6.07) is 4.36. The molecule has 1 nitrogen and oxygen atoms in total. The van der Waals surface area contributed by atoms with E-state index in [1.54, 1.807) is 0 Å². The summed E-state index contributed by atoms with van der Waals surface area (Å²) in [5, 5.41) is 3.34. The van der Waals surface area contributed by atoms with Crippen molar-refractivity contribution < 1.29 is 8.78 Å². The van der Waals surface area contributed by atoms with Gasteiger partial charge < -0.3 is 5.32 Å². The van der Waals surface area contributed by atoms with Crippen molar-refractivity contribution in [1.82, 2.24) is 5.32 Å². The predicted octanol–water partition coefficient (Wildman–Crippen LogP) is 3.85. The number of hydrogen-bond donors (Lipinski definition) is 1. The summed E-state index contributed by atoms with van der Waals surface area (Å²) in [6.45, 7) is 4.32. The van der Waals surface area contributed by atoms with Crippen LogP contribution in [0, 0.1) is 17.0 Å². The first-order valence-corrected chi connectivity index (χ1v) is 6.70. The first-order chi connectivity index (χ1) is 8.57. The summed E-state index contributed by atoms with van der Waals surface area (Å²) in [4.78, 5) is 0. The Morgan fingerprint density at radius 3 is 2.17 bits per heavy atom. The number of halogens is 2. The zero-order valence-corrected chi connectivity index (χ0v) is 11.3. The highest BCUT2D eigenvalue weighted by molar-refractivity contribution is 5.29. The van der Waals surface area contributed by atoms with Gasteiger partial charge in [0.15, 0.2) is 0 Å². The molecule has 0 saturated heterocycles. The van der Waals surface area contributed by atoms with Gasteiger partial charge >= 0.3 is 0 Å². The number of benzene rings is 1. The predicted molar refractivity (Wildman–Crippen MR) is 69.6 cm³/mol. The molecule has 1 saturated carbocycles. The molecule has 1 aromatic rings. The van der Waals surface area contributed by atoms with Gasteiger partial charge in [-0.25, -0.2) is 8.78 Å². The standard InChI is InChI=1S/C15H21F2N/c1-4-15(5-2)13(9-14(15)18-3)10-6-11(16)8-12(17)7-10/h6-8,13-14,18H,4-5,9H2,1-3H3. The Morgan fingerprint density at radius 2 is 1.72 bits per heavy atom. The topological polar surface area (TPSA) is 12.0 Å². The first-order valence-electron chi connectivity index (χ1n) is 6.70. The van der Waals surface area contributed by atoms with Crippen LogP contribution in [0.25, 0.3) is 0 Å². The quantitative estimate of drug-likeness (QED) is 0.859. The molecule has 0 spiro atoms. The summed E-state index contributed by atoms with van der Waals surface area (Å²) in [6.07, 6.45) is 3.01. The lowest BCUT2D eigenvalue weighted by Gasteiger charge is -2.56. The fraction of sp³-hybridized carbons (Fsp3) is 0.600. The third-order valence-corrected chi connectivity index (χ3v) is 4.81. The van der Waals surface area contributed by atoms with Crippen LogP contribution < -0.4 is 5.32 Å². The molecule has 100 valence electrons. The Balaban J connectivity index is 2.34. The van der Waals surface area contributed by atoms with Gasteiger partial charge in [-0.05, 0) is 55.3 Å². The van der Waals surface area contributed by atoms with E-state index < -0.39 is 11.6 Å². The molecule has 0 aromatic heterocycles. The van der Waals surface area contributed by atoms with Crippen LogP contribution in [0.2, 0.25) is 0 Å². The van der Waals surface area contributed by atoms with Gasteiger partial charge in [0.2, 0.25) is 0 Å². The lowest BCUT2D eigenvalue weighted by atomic mass is 9.52. The van der Waals surface area contributed by atoms with Gasteiger partial charge in [-0.1, -0.05) is 13.8 Å². The van der Waals surface area contributed by atoms with Crippen molar-refractivity contribution in [1.29, 1.82) is 0 Å². The van der Waals surface area contributed by atoms with Crippen LogP contribution in [-0.4, -0.2) is 13.1 Å². The second-order valence-corrected chi connectivity index (χ2v) is 5.27. The van der Waals surface area contributed by atoms with Crippen LogP contribution in [0.1, 0.15) is 44.6 Å². The molecular formula is C15H21F2N. The molecule has 3 heteroatoms. The number of hydrogen-bond acceptors (Lipinski definition) is 1. The van der Waals surface area contributed by atoms with E-state index in [9.17, 15) is 8.78 Å². The molecule has 1 fully saturated rings. The zero-order chi connectivity index (χ0) is 13.3. The van der Waals surface area contributed by atoms with E-state index in [0.717, 1.165) is 30.9 Å². The third-order valence-electron chi connectivity index (χ3n) is 4.81. The summed E-state index contributed by atoms with van der Waals surface area (Å²) in [5.41, 5.74) is 0.942. The van der Waals surface area contributed by atoms with E-state index in [0.29, 0.717) is 6.04 Å². The van der Waals surface area contributed by atoms with Crippen molar-refractivity contribution in [2.24, 2.45) is 5.41 Å². The van der Waals surface area contributed by atoms with E-state index in [2.05, 4.69) is 19.2 Å². The van der Waals surface area contributed by atoms with Crippen molar-refractivity contribution in [3.8, 4) is 0 Å². The molecule has 0 bridgehead atoms. The maximum absolute atomic E-state index is 13.3. The van der Waals surface area contributed by atoms with Crippen molar-refractivity contribution in [2.75, 3.05) is 7.05 Å². The van der Waals surface area contributed by atoms with Crippen LogP contribution in [-0.2, 0) is 0 Å². The molecule has 0 aliphatic heterocycles. The van der Waals surface area contributed by atoms with E-state index in [1.807, 2.05) is 7.05 Å². The smallest absolute Gasteiger partial charge is 0.126 e. The van der Waals surface area contributed by atoms with Gasteiger partial charge in [0.05, 0.1) is 0 Å². The Labute approximate surface area is 108 Å². The lowest BCUT2D eigenvalue weighted by Crippen LogP contribution is -2.57. The third kappa shape index (κ3) is 1.95. The molecule has 0 amide bonds. The summed E-state index contributed by atoms with van der Waals surface area (Å²) in [7, 11) is 1.97. The minimum absolute atomic E-state index is 0.134. The van der Waals surface area contributed by atoms with Crippen LogP contribution in [0.5, 0.6) is 0 Å². The lowest BCUT2D eigenvalue weighted by molar-refractivity contribution is 0.0243. The van der Waals surface area contributed by atoms with Gasteiger partial charge in [0, 0.05) is 12.1 Å². The first kappa shape index (κ1) is 13.5. The number of rotatable bonds is 4. The SMILES string of the molecule is CCC1(CC)C(NC)CC1c1cc(F)cc(F)c1. The highest BCUT2D eigenvalue weighted by Gasteiger charge is 2.52. The Morgan fingerprint density at radius 1 is 1.17 bits per heavy atom. The molecule has 1 aliphatic carbocycles. The second kappa shape index (κ2) is 4.96. The zero-order valence-electron chi connectivity index (χ0n) is 11.3. The summed E-state index contributed by atoms with van der Waals surface area (Å²) < 4.78 is 26.7. The van der Waals surface area contributed by atoms with Gasteiger partial charge in [0.25, 0.3) is 0 Å². The molecular weight excluding hydrogens is 232 g/mol. The Kier molecular flexibility index (Phi) is 3.71. The average Bonchev–Trinajstić information content (AvgIpc) is 2.29. The van der Waals surface area contributed by atoms with Crippen LogP contribution in [0.15, 0.2) is 18.2 Å². The fourth-order valence-electron chi connectivity index (χ4n) is 3.67. The van der Waals surface area contributed by atoms with Crippen LogP contribution >= 0.6 is 0 Å². The van der Waals surface area contributed by atoms with E-state index >= 15 is 0 Å². The van der Waals surface area contributed by atoms with Gasteiger partial charge in [0.1, 0.15) is 11.6 Å². The minimum atomic E-state index is -0.473. The molecule has 0 heterocycles. The molecule has 2 rings (SSSR count). The van der Waals surface area contributed by atoms with Crippen LogP contribution in [0.4, 0.5) is 8.78 Å². The molecule has 18 heavy (non-hydrogen) atoms. The normalized spacial score (nSPS) is 25.8. The highest BCUT2D eigenvalue weighted by atomic mass is 19.1. The second-order valence-electron chi connectivity index (χ2n) is 5.27. The summed E-state index contributed by atoms with van der Waals surface area (Å²) in [5.74, 6) is -0.687. The largest absolute Gasteiger partial charge is 0.316 e. The average molecular weight is 253 g/mol. The molecule has 1 N–H and O–H groups in total. The van der Waals surface area contributed by atoms with E-state index in [1.165, 1.54) is 12.1 Å². The van der Waals surface area contributed by atoms with Crippen molar-refractivity contribution in [3.05, 3.63) is 35.4 Å². The summed E-state index contributed by atoms with van der Waals surface area (Å²) >= 11 is 0. The maximum Gasteiger partial charge on any atom is 0.126 e. The van der Waals surface area contributed by atoms with Crippen LogP contribution in [0.3, 0.4) is 0 Å². The van der Waals surface area contributed by atoms with Crippen molar-refractivity contribution in [2.45, 2.75) is 45.1 Å². The Hall–Kier alpha value is -0.960. The maximum atomic E-state index is 13.3. The van der Waals surface area contributed by atoms with Crippen molar-refractivity contribution in [3.63, 3.8) is 0 Å². The van der Waals surface area contributed by atoms with Gasteiger partial charge in [-0.3, -0.25) is 0 Å². The highest BCUT2D eigenvalue weighted by Crippen LogP contribution is 2.57. The van der Waals surface area contributed by atoms with Gasteiger partial charge in [-0.2, -0.15) is 0 Å². The minimum Gasteiger partial charge on any atom is -0.316 e. The van der Waals surface area contributed by atoms with Gasteiger partial charge in [-0.15, -0.1) is 0 Å². The molecule has 2 unspecified atom stereocenters.